The highest BCUT2D eigenvalue weighted by molar-refractivity contribution is 5.76. The Morgan fingerprint density at radius 3 is 2.92 bits per heavy atom. The molecule has 0 fully saturated rings. The van der Waals surface area contributed by atoms with Crippen molar-refractivity contribution in [3.63, 3.8) is 0 Å². The van der Waals surface area contributed by atoms with Gasteiger partial charge in [0.2, 0.25) is 5.91 Å². The van der Waals surface area contributed by atoms with Crippen molar-refractivity contribution in [1.29, 1.82) is 0 Å². The van der Waals surface area contributed by atoms with Crippen LogP contribution in [0.4, 0.5) is 0 Å². The van der Waals surface area contributed by atoms with Crippen LogP contribution in [-0.2, 0) is 4.79 Å². The maximum Gasteiger partial charge on any atom is 0.229 e. The number of aldehydes is 1. The maximum atomic E-state index is 10.3. The average molecular weight is 177 g/mol. The van der Waals surface area contributed by atoms with Gasteiger partial charge in [0.25, 0.3) is 0 Å². The predicted octanol–water partition coefficient (Wildman–Crippen LogP) is 0.319. The fourth-order valence-electron chi connectivity index (χ4n) is 0.702. The van der Waals surface area contributed by atoms with Gasteiger partial charge < -0.3 is 10.2 Å². The minimum absolute atomic E-state index is 0.0167. The average Bonchev–Trinajstić information content (AvgIpc) is 2.52. The molecule has 2 N–H and O–H groups in total. The number of hydrogen-bond acceptors (Lipinski definition) is 3. The molecule has 0 atom stereocenters. The normalized spacial score (nSPS) is 8.62. The maximum absolute atomic E-state index is 10.3. The predicted molar refractivity (Wildman–Crippen MR) is 44.8 cm³/mol. The van der Waals surface area contributed by atoms with Crippen LogP contribution in [0.15, 0.2) is 16.5 Å². The van der Waals surface area contributed by atoms with Crippen LogP contribution >= 0.6 is 0 Å². The van der Waals surface area contributed by atoms with Crippen molar-refractivity contribution < 1.29 is 14.0 Å². The van der Waals surface area contributed by atoms with Crippen molar-refractivity contribution in [2.75, 3.05) is 0 Å². The van der Waals surface area contributed by atoms with Gasteiger partial charge in [-0.25, -0.2) is 0 Å². The first kappa shape index (κ1) is 9.07. The van der Waals surface area contributed by atoms with Crippen molar-refractivity contribution in [3.8, 4) is 11.8 Å². The summed E-state index contributed by atoms with van der Waals surface area (Å²) in [5, 5.41) is 0. The van der Waals surface area contributed by atoms with E-state index < -0.39 is 5.91 Å². The highest BCUT2D eigenvalue weighted by atomic mass is 16.3. The van der Waals surface area contributed by atoms with Crippen LogP contribution < -0.4 is 5.73 Å². The number of hydrogen-bond donors (Lipinski definition) is 1. The largest absolute Gasteiger partial charge is 0.445 e. The summed E-state index contributed by atoms with van der Waals surface area (Å²) in [6, 6.07) is 3.05. The zero-order valence-electron chi connectivity index (χ0n) is 6.74. The molecular formula is C9H7NO3. The van der Waals surface area contributed by atoms with E-state index in [9.17, 15) is 9.59 Å². The Labute approximate surface area is 74.7 Å². The highest BCUT2D eigenvalue weighted by Gasteiger charge is 1.95. The molecule has 0 saturated carbocycles. The minimum atomic E-state index is -0.491. The monoisotopic (exact) mass is 177 g/mol. The second-order valence-electron chi connectivity index (χ2n) is 2.26. The highest BCUT2D eigenvalue weighted by Crippen LogP contribution is 2.03. The van der Waals surface area contributed by atoms with Crippen LogP contribution in [0.1, 0.15) is 22.7 Å². The Hall–Kier alpha value is -2.02. The van der Waals surface area contributed by atoms with E-state index in [2.05, 4.69) is 11.8 Å². The van der Waals surface area contributed by atoms with E-state index in [0.717, 1.165) is 0 Å². The van der Waals surface area contributed by atoms with Crippen molar-refractivity contribution >= 4 is 12.2 Å². The zero-order valence-corrected chi connectivity index (χ0v) is 6.74. The molecule has 0 aliphatic carbocycles. The van der Waals surface area contributed by atoms with Gasteiger partial charge >= 0.3 is 0 Å². The Balaban J connectivity index is 2.66. The third-order valence-electron chi connectivity index (χ3n) is 1.22. The second kappa shape index (κ2) is 4.12. The van der Waals surface area contributed by atoms with Crippen LogP contribution in [0.2, 0.25) is 0 Å². The fraction of sp³-hybridized carbons (Fsp3) is 0.111. The Bertz CT molecular complexity index is 381. The topological polar surface area (TPSA) is 73.3 Å². The van der Waals surface area contributed by atoms with E-state index in [-0.39, 0.29) is 12.2 Å². The van der Waals surface area contributed by atoms with Crippen molar-refractivity contribution in [3.05, 3.63) is 23.7 Å². The van der Waals surface area contributed by atoms with Crippen molar-refractivity contribution in [2.24, 2.45) is 5.73 Å². The molecule has 0 aliphatic heterocycles. The number of carbonyl (C=O) groups is 2. The van der Waals surface area contributed by atoms with E-state index in [1.54, 1.807) is 6.07 Å². The van der Waals surface area contributed by atoms with Gasteiger partial charge in [-0.2, -0.15) is 0 Å². The van der Waals surface area contributed by atoms with Crippen LogP contribution in [0, 0.1) is 11.8 Å². The lowest BCUT2D eigenvalue weighted by Gasteiger charge is -1.80. The third-order valence-corrected chi connectivity index (χ3v) is 1.22. The first-order valence-corrected chi connectivity index (χ1v) is 3.54. The molecule has 13 heavy (non-hydrogen) atoms. The molecule has 0 aromatic carbocycles. The molecule has 0 aliphatic rings. The van der Waals surface area contributed by atoms with Gasteiger partial charge in [-0.05, 0) is 18.1 Å². The van der Waals surface area contributed by atoms with Crippen LogP contribution in [0.3, 0.4) is 0 Å². The van der Waals surface area contributed by atoms with Crippen molar-refractivity contribution in [1.82, 2.24) is 0 Å². The number of furan rings is 1. The lowest BCUT2D eigenvalue weighted by molar-refractivity contribution is -0.117. The minimum Gasteiger partial charge on any atom is -0.445 e. The lowest BCUT2D eigenvalue weighted by atomic mass is 10.4. The van der Waals surface area contributed by atoms with E-state index in [0.29, 0.717) is 12.0 Å². The SMILES string of the molecule is NC(=O)CC#Cc1ccc(C=O)o1. The van der Waals surface area contributed by atoms with Gasteiger partial charge in [0.1, 0.15) is 0 Å². The Kier molecular flexibility index (Phi) is 2.87. The molecule has 66 valence electrons. The molecule has 1 rings (SSSR count). The van der Waals surface area contributed by atoms with E-state index >= 15 is 0 Å². The quantitative estimate of drug-likeness (QED) is 0.522. The summed E-state index contributed by atoms with van der Waals surface area (Å²) >= 11 is 0. The van der Waals surface area contributed by atoms with E-state index in [1.807, 2.05) is 0 Å². The van der Waals surface area contributed by atoms with Gasteiger partial charge in [0.15, 0.2) is 17.8 Å². The molecule has 0 bridgehead atoms. The zero-order chi connectivity index (χ0) is 9.68. The molecule has 1 aromatic rings. The van der Waals surface area contributed by atoms with Crippen LogP contribution in [0.25, 0.3) is 0 Å². The van der Waals surface area contributed by atoms with Gasteiger partial charge in [0.05, 0.1) is 6.42 Å². The molecule has 0 spiro atoms. The summed E-state index contributed by atoms with van der Waals surface area (Å²) in [6.07, 6.45) is 0.566. The summed E-state index contributed by atoms with van der Waals surface area (Å²) in [7, 11) is 0. The number of primary amides is 1. The molecule has 4 nitrogen and oxygen atoms in total. The lowest BCUT2D eigenvalue weighted by Crippen LogP contribution is -2.08. The molecule has 0 radical (unpaired) electrons. The summed E-state index contributed by atoms with van der Waals surface area (Å²) in [4.78, 5) is 20.5. The molecule has 1 heterocycles. The molecular weight excluding hydrogens is 170 g/mol. The van der Waals surface area contributed by atoms with E-state index in [4.69, 9.17) is 10.2 Å². The van der Waals surface area contributed by atoms with Gasteiger partial charge in [-0.3, -0.25) is 9.59 Å². The number of nitrogens with two attached hydrogens (primary N) is 1. The molecule has 4 heteroatoms. The van der Waals surface area contributed by atoms with Crippen LogP contribution in [0.5, 0.6) is 0 Å². The standard InChI is InChI=1S/C9H7NO3/c10-9(12)3-1-2-7-4-5-8(6-11)13-7/h4-6H,3H2,(H2,10,12). The van der Waals surface area contributed by atoms with E-state index in [1.165, 1.54) is 6.07 Å². The molecule has 0 saturated heterocycles. The molecule has 1 aromatic heterocycles. The first-order chi connectivity index (χ1) is 6.22. The molecule has 0 unspecified atom stereocenters. The number of rotatable bonds is 2. The molecule has 1 amide bonds. The smallest absolute Gasteiger partial charge is 0.229 e. The summed E-state index contributed by atoms with van der Waals surface area (Å²) in [5.74, 6) is 5.13. The van der Waals surface area contributed by atoms with Gasteiger partial charge in [-0.15, -0.1) is 0 Å². The van der Waals surface area contributed by atoms with Gasteiger partial charge in [-0.1, -0.05) is 5.92 Å². The second-order valence-corrected chi connectivity index (χ2v) is 2.26. The number of amides is 1. The first-order valence-electron chi connectivity index (χ1n) is 3.54. The Morgan fingerprint density at radius 1 is 1.62 bits per heavy atom. The summed E-state index contributed by atoms with van der Waals surface area (Å²) in [5.41, 5.74) is 4.86. The fourth-order valence-corrected chi connectivity index (χ4v) is 0.702. The summed E-state index contributed by atoms with van der Waals surface area (Å²) in [6.45, 7) is 0. The van der Waals surface area contributed by atoms with Crippen molar-refractivity contribution in [2.45, 2.75) is 6.42 Å². The van der Waals surface area contributed by atoms with Crippen LogP contribution in [-0.4, -0.2) is 12.2 Å². The summed E-state index contributed by atoms with van der Waals surface area (Å²) < 4.78 is 4.92. The third kappa shape index (κ3) is 2.83. The Morgan fingerprint density at radius 2 is 2.38 bits per heavy atom. The number of carbonyl (C=O) groups excluding carboxylic acids is 2. The van der Waals surface area contributed by atoms with Gasteiger partial charge in [0, 0.05) is 0 Å².